The Labute approximate surface area is 293 Å². The van der Waals surface area contributed by atoms with E-state index in [0.29, 0.717) is 46.5 Å². The lowest BCUT2D eigenvalue weighted by molar-refractivity contribution is 0.0591. The summed E-state index contributed by atoms with van der Waals surface area (Å²) in [6.07, 6.45) is 0. The molecule has 9 nitrogen and oxygen atoms in total. The predicted molar refractivity (Wildman–Crippen MR) is 186 cm³/mol. The number of ether oxygens (including phenoxy) is 2. The highest BCUT2D eigenvalue weighted by Gasteiger charge is 2.26. The van der Waals surface area contributed by atoms with Gasteiger partial charge in [-0.15, -0.1) is 0 Å². The predicted octanol–water partition coefficient (Wildman–Crippen LogP) is 7.52. The van der Waals surface area contributed by atoms with Gasteiger partial charge in [-0.1, -0.05) is 35.3 Å². The first-order chi connectivity index (χ1) is 23.5. The fourth-order valence-corrected chi connectivity index (χ4v) is 5.10. The molecule has 0 radical (unpaired) electrons. The van der Waals surface area contributed by atoms with Gasteiger partial charge < -0.3 is 24.6 Å². The first-order valence-electron chi connectivity index (χ1n) is 15.2. The van der Waals surface area contributed by atoms with Crippen molar-refractivity contribution in [2.24, 2.45) is 0 Å². The Morgan fingerprint density at radius 3 is 1.71 bits per heavy atom. The number of esters is 2. The first-order valence-corrected chi connectivity index (χ1v) is 16.0. The van der Waals surface area contributed by atoms with E-state index in [-0.39, 0.29) is 23.7 Å². The molecule has 1 heterocycles. The third-order valence-corrected chi connectivity index (χ3v) is 8.25. The van der Waals surface area contributed by atoms with Gasteiger partial charge in [-0.3, -0.25) is 4.90 Å². The van der Waals surface area contributed by atoms with Crippen LogP contribution in [-0.4, -0.2) is 75.2 Å². The van der Waals surface area contributed by atoms with Crippen LogP contribution in [0.2, 0.25) is 10.0 Å². The minimum atomic E-state index is -0.612. The van der Waals surface area contributed by atoms with E-state index in [1.54, 1.807) is 47.4 Å². The van der Waals surface area contributed by atoms with Gasteiger partial charge in [-0.05, 0) is 79.8 Å². The van der Waals surface area contributed by atoms with E-state index in [9.17, 15) is 23.2 Å². The topological polar surface area (TPSA) is 91.4 Å². The lowest BCUT2D eigenvalue weighted by Crippen LogP contribution is -2.52. The van der Waals surface area contributed by atoms with Crippen molar-refractivity contribution in [1.82, 2.24) is 9.80 Å². The minimum Gasteiger partial charge on any atom is -0.465 e. The number of piperazine rings is 1. The minimum absolute atomic E-state index is 0.0279. The average Bonchev–Trinajstić information content (AvgIpc) is 3.11. The fraction of sp³-hybridized carbons (Fsp3) is 0.250. The Bertz CT molecular complexity index is 1750. The summed E-state index contributed by atoms with van der Waals surface area (Å²) in [5.41, 5.74) is 2.54. The zero-order valence-electron chi connectivity index (χ0n) is 27.2. The van der Waals surface area contributed by atoms with Gasteiger partial charge in [0, 0.05) is 65.3 Å². The van der Waals surface area contributed by atoms with Crippen LogP contribution in [0.1, 0.15) is 31.8 Å². The van der Waals surface area contributed by atoms with Crippen LogP contribution < -0.4 is 10.2 Å². The summed E-state index contributed by atoms with van der Waals surface area (Å²) < 4.78 is 37.7. The van der Waals surface area contributed by atoms with Crippen LogP contribution in [0.3, 0.4) is 0 Å². The molecule has 4 aromatic rings. The SMILES string of the molecule is COC(=O)c1ccc(CN(C(=O)N2CCN(C)CC2)c2ccc(Cl)cc2)c(F)c1.COC(=O)c1ccc(CNc2ccc(Cl)cc2)c(F)c1. The fourth-order valence-electron chi connectivity index (χ4n) is 4.85. The van der Waals surface area contributed by atoms with Crippen LogP contribution in [0, 0.1) is 11.6 Å². The van der Waals surface area contributed by atoms with Crippen LogP contribution in [0.5, 0.6) is 0 Å². The zero-order chi connectivity index (χ0) is 35.5. The zero-order valence-corrected chi connectivity index (χ0v) is 28.7. The molecule has 0 bridgehead atoms. The Kier molecular flexibility index (Phi) is 13.3. The number of nitrogens with zero attached hydrogens (tertiary/aromatic N) is 3. The van der Waals surface area contributed by atoms with Crippen molar-refractivity contribution < 1.29 is 32.6 Å². The van der Waals surface area contributed by atoms with Crippen molar-refractivity contribution in [3.05, 3.63) is 129 Å². The molecule has 2 amide bonds. The Morgan fingerprint density at radius 2 is 1.22 bits per heavy atom. The molecule has 0 saturated carbocycles. The smallest absolute Gasteiger partial charge is 0.337 e. The average molecular weight is 714 g/mol. The number of halogens is 4. The normalized spacial score (nSPS) is 12.8. The van der Waals surface area contributed by atoms with E-state index in [1.807, 2.05) is 19.2 Å². The number of carbonyl (C=O) groups is 3. The van der Waals surface area contributed by atoms with Gasteiger partial charge in [0.1, 0.15) is 11.6 Å². The van der Waals surface area contributed by atoms with E-state index in [0.717, 1.165) is 24.8 Å². The van der Waals surface area contributed by atoms with Gasteiger partial charge in [-0.25, -0.2) is 23.2 Å². The van der Waals surface area contributed by atoms with Crippen molar-refractivity contribution in [3.8, 4) is 0 Å². The number of likely N-dealkylation sites (N-methyl/N-ethyl adjacent to an activating group) is 1. The number of hydrogen-bond donors (Lipinski definition) is 1. The maximum absolute atomic E-state index is 14.7. The largest absolute Gasteiger partial charge is 0.465 e. The van der Waals surface area contributed by atoms with Gasteiger partial charge in [0.15, 0.2) is 0 Å². The van der Waals surface area contributed by atoms with Crippen molar-refractivity contribution >= 4 is 52.5 Å². The Morgan fingerprint density at radius 1 is 0.735 bits per heavy atom. The Balaban J connectivity index is 0.000000237. The molecule has 0 atom stereocenters. The molecule has 49 heavy (non-hydrogen) atoms. The van der Waals surface area contributed by atoms with Crippen LogP contribution in [0.15, 0.2) is 84.9 Å². The molecule has 13 heteroatoms. The molecule has 0 aliphatic carbocycles. The number of nitrogens with one attached hydrogen (secondary N) is 1. The molecule has 5 rings (SSSR count). The third-order valence-electron chi connectivity index (χ3n) is 7.75. The van der Waals surface area contributed by atoms with Crippen LogP contribution in [0.4, 0.5) is 25.0 Å². The standard InChI is InChI=1S/C21H23ClFN3O3.C15H13ClFNO2/c1-24-9-11-25(12-10-24)21(28)26(18-7-5-17(22)6-8-18)14-16-4-3-15(13-19(16)23)20(27)29-2;1-20-15(19)10-2-3-11(14(17)8-10)9-18-13-6-4-12(16)5-7-13/h3-8,13H,9-12,14H2,1-2H3;2-8,18H,9H2,1H3. The maximum Gasteiger partial charge on any atom is 0.337 e. The van der Waals surface area contributed by atoms with Crippen molar-refractivity contribution in [2.75, 3.05) is 57.7 Å². The third kappa shape index (κ3) is 10.4. The second kappa shape index (κ2) is 17.6. The van der Waals surface area contributed by atoms with Gasteiger partial charge in [0.25, 0.3) is 0 Å². The van der Waals surface area contributed by atoms with E-state index >= 15 is 0 Å². The molecular formula is C36H36Cl2F2N4O5. The monoisotopic (exact) mass is 712 g/mol. The molecule has 1 N–H and O–H groups in total. The molecule has 1 fully saturated rings. The molecule has 0 aromatic heterocycles. The molecular weight excluding hydrogens is 677 g/mol. The van der Waals surface area contributed by atoms with Crippen molar-refractivity contribution in [3.63, 3.8) is 0 Å². The van der Waals surface area contributed by atoms with Crippen LogP contribution >= 0.6 is 23.2 Å². The molecule has 1 aliphatic heterocycles. The molecule has 0 spiro atoms. The molecule has 1 aliphatic rings. The maximum atomic E-state index is 14.7. The van der Waals surface area contributed by atoms with Crippen LogP contribution in [-0.2, 0) is 22.6 Å². The number of carbonyl (C=O) groups excluding carboxylic acids is 3. The molecule has 258 valence electrons. The number of anilines is 2. The van der Waals surface area contributed by atoms with Gasteiger partial charge in [-0.2, -0.15) is 0 Å². The quantitative estimate of drug-likeness (QED) is 0.189. The highest BCUT2D eigenvalue weighted by atomic mass is 35.5. The van der Waals surface area contributed by atoms with E-state index in [4.69, 9.17) is 23.2 Å². The van der Waals surface area contributed by atoms with Gasteiger partial charge in [0.05, 0.1) is 31.9 Å². The van der Waals surface area contributed by atoms with E-state index in [1.165, 1.54) is 43.4 Å². The molecule has 1 saturated heterocycles. The lowest BCUT2D eigenvalue weighted by Gasteiger charge is -2.36. The molecule has 0 unspecified atom stereocenters. The highest BCUT2D eigenvalue weighted by Crippen LogP contribution is 2.24. The highest BCUT2D eigenvalue weighted by molar-refractivity contribution is 6.31. The Hall–Kier alpha value is -4.71. The second-order valence-corrected chi connectivity index (χ2v) is 12.0. The summed E-state index contributed by atoms with van der Waals surface area (Å²) in [4.78, 5) is 41.6. The number of methoxy groups -OCH3 is 2. The first kappa shape index (κ1) is 37.1. The summed E-state index contributed by atoms with van der Waals surface area (Å²) in [6, 6.07) is 22.2. The number of benzene rings is 4. The van der Waals surface area contributed by atoms with E-state index < -0.39 is 23.6 Å². The summed E-state index contributed by atoms with van der Waals surface area (Å²) >= 11 is 11.8. The molecule has 4 aromatic carbocycles. The number of rotatable bonds is 8. The number of amides is 2. The number of urea groups is 1. The summed E-state index contributed by atoms with van der Waals surface area (Å²) in [7, 11) is 4.51. The summed E-state index contributed by atoms with van der Waals surface area (Å²) in [5.74, 6) is -2.19. The summed E-state index contributed by atoms with van der Waals surface area (Å²) in [6.45, 7) is 3.10. The van der Waals surface area contributed by atoms with Crippen molar-refractivity contribution in [1.29, 1.82) is 0 Å². The van der Waals surface area contributed by atoms with Gasteiger partial charge in [0.2, 0.25) is 0 Å². The summed E-state index contributed by atoms with van der Waals surface area (Å²) in [5, 5.41) is 4.27. The van der Waals surface area contributed by atoms with Crippen molar-refractivity contribution in [2.45, 2.75) is 13.1 Å². The lowest BCUT2D eigenvalue weighted by atomic mass is 10.1. The second-order valence-electron chi connectivity index (χ2n) is 11.1. The van der Waals surface area contributed by atoms with Crippen LogP contribution in [0.25, 0.3) is 0 Å². The van der Waals surface area contributed by atoms with Gasteiger partial charge >= 0.3 is 18.0 Å². The number of hydrogen-bond acceptors (Lipinski definition) is 7. The van der Waals surface area contributed by atoms with E-state index in [2.05, 4.69) is 19.7 Å².